The van der Waals surface area contributed by atoms with Crippen LogP contribution in [0.1, 0.15) is 264 Å². The first-order valence-corrected chi connectivity index (χ1v) is 24.6. The van der Waals surface area contributed by atoms with Crippen LogP contribution in [-0.4, -0.2) is 57.3 Å². The van der Waals surface area contributed by atoms with Crippen molar-refractivity contribution in [2.75, 3.05) is 6.61 Å². The molecule has 0 aromatic carbocycles. The molecule has 328 valence electrons. The summed E-state index contributed by atoms with van der Waals surface area (Å²) in [5.74, 6) is -0.595. The Balaban J connectivity index is 3.54. The van der Waals surface area contributed by atoms with Gasteiger partial charge in [0.05, 0.1) is 18.8 Å². The second kappa shape index (κ2) is 44.2. The zero-order valence-electron chi connectivity index (χ0n) is 36.9. The molecule has 0 aliphatic heterocycles. The van der Waals surface area contributed by atoms with Crippen molar-refractivity contribution in [2.45, 2.75) is 289 Å². The van der Waals surface area contributed by atoms with Gasteiger partial charge < -0.3 is 25.7 Å². The molecule has 0 radical (unpaired) electrons. The van der Waals surface area contributed by atoms with E-state index in [-0.39, 0.29) is 0 Å². The standard InChI is InChI=1S/C49H97NO5/c1-3-5-7-9-11-13-14-15-16-17-18-19-20-21-22-23-24-25-26-27-28-29-30-31-32-33-34-35-37-38-40-42-46(52)48(54)45(44-51)50-49(55)47(53)43-41-39-36-12-10-8-6-4-2/h35,37,45-48,51-54H,3-34,36,38-44H2,1-2H3,(H,50,55)/b37-35+. The van der Waals surface area contributed by atoms with Crippen molar-refractivity contribution in [1.29, 1.82) is 0 Å². The summed E-state index contributed by atoms with van der Waals surface area (Å²) in [6.45, 7) is 4.01. The van der Waals surface area contributed by atoms with Crippen LogP contribution in [0.4, 0.5) is 0 Å². The molecule has 6 nitrogen and oxygen atoms in total. The van der Waals surface area contributed by atoms with Crippen LogP contribution in [0, 0.1) is 0 Å². The Kier molecular flexibility index (Phi) is 43.4. The molecular weight excluding hydrogens is 683 g/mol. The van der Waals surface area contributed by atoms with Gasteiger partial charge in [-0.05, 0) is 38.5 Å². The van der Waals surface area contributed by atoms with Crippen LogP contribution in [0.2, 0.25) is 0 Å². The number of amides is 1. The Morgan fingerprint density at radius 1 is 0.436 bits per heavy atom. The van der Waals surface area contributed by atoms with Crippen molar-refractivity contribution in [1.82, 2.24) is 5.32 Å². The third kappa shape index (κ3) is 38.3. The maximum atomic E-state index is 12.4. The summed E-state index contributed by atoms with van der Waals surface area (Å²) in [6.07, 6.45) is 50.2. The molecule has 5 N–H and O–H groups in total. The van der Waals surface area contributed by atoms with Crippen LogP contribution in [0.5, 0.6) is 0 Å². The van der Waals surface area contributed by atoms with Crippen molar-refractivity contribution in [3.8, 4) is 0 Å². The molecule has 0 saturated carbocycles. The highest BCUT2D eigenvalue weighted by Crippen LogP contribution is 2.17. The average molecular weight is 780 g/mol. The quantitative estimate of drug-likeness (QED) is 0.0312. The maximum Gasteiger partial charge on any atom is 0.249 e. The van der Waals surface area contributed by atoms with Crippen LogP contribution < -0.4 is 5.32 Å². The molecule has 0 aromatic heterocycles. The monoisotopic (exact) mass is 780 g/mol. The fourth-order valence-corrected chi connectivity index (χ4v) is 7.82. The SMILES string of the molecule is CCCCCCCCCCCCCCCCCCCCCCCCCCCC/C=C/CCCC(O)C(O)C(CO)NC(=O)C(O)CCCCCCCCCC. The van der Waals surface area contributed by atoms with Crippen LogP contribution in [0.25, 0.3) is 0 Å². The zero-order chi connectivity index (χ0) is 40.3. The van der Waals surface area contributed by atoms with Gasteiger partial charge >= 0.3 is 0 Å². The van der Waals surface area contributed by atoms with Crippen molar-refractivity contribution >= 4 is 5.91 Å². The van der Waals surface area contributed by atoms with Gasteiger partial charge in [0.2, 0.25) is 5.91 Å². The van der Waals surface area contributed by atoms with Gasteiger partial charge in [-0.25, -0.2) is 0 Å². The fraction of sp³-hybridized carbons (Fsp3) is 0.939. The lowest BCUT2D eigenvalue weighted by Gasteiger charge is -2.27. The van der Waals surface area contributed by atoms with E-state index in [4.69, 9.17) is 0 Å². The van der Waals surface area contributed by atoms with Crippen molar-refractivity contribution in [2.24, 2.45) is 0 Å². The molecule has 0 aliphatic rings. The first-order chi connectivity index (χ1) is 27.0. The number of aliphatic hydroxyl groups is 4. The number of nitrogens with one attached hydrogen (secondary N) is 1. The molecule has 0 fully saturated rings. The van der Waals surface area contributed by atoms with Gasteiger partial charge in [-0.15, -0.1) is 0 Å². The van der Waals surface area contributed by atoms with Gasteiger partial charge in [0.25, 0.3) is 0 Å². The number of allylic oxidation sites excluding steroid dienone is 2. The molecule has 0 rings (SSSR count). The minimum atomic E-state index is -1.28. The minimum absolute atomic E-state index is 0.365. The van der Waals surface area contributed by atoms with Crippen molar-refractivity contribution < 1.29 is 25.2 Å². The number of carbonyl (C=O) groups excluding carboxylic acids is 1. The summed E-state index contributed by atoms with van der Waals surface area (Å²) < 4.78 is 0. The average Bonchev–Trinajstić information content (AvgIpc) is 3.19. The van der Waals surface area contributed by atoms with E-state index in [2.05, 4.69) is 31.3 Å². The highest BCUT2D eigenvalue weighted by Gasteiger charge is 2.28. The fourth-order valence-electron chi connectivity index (χ4n) is 7.82. The molecule has 0 saturated heterocycles. The van der Waals surface area contributed by atoms with Crippen LogP contribution in [0.15, 0.2) is 12.2 Å². The largest absolute Gasteiger partial charge is 0.394 e. The summed E-state index contributed by atoms with van der Waals surface area (Å²) >= 11 is 0. The van der Waals surface area contributed by atoms with Gasteiger partial charge in [0.1, 0.15) is 12.2 Å². The van der Waals surface area contributed by atoms with E-state index in [1.165, 1.54) is 199 Å². The lowest BCUT2D eigenvalue weighted by Crippen LogP contribution is -2.53. The number of unbranched alkanes of at least 4 members (excludes halogenated alkanes) is 34. The summed E-state index contributed by atoms with van der Waals surface area (Å²) in [4.78, 5) is 12.4. The van der Waals surface area contributed by atoms with Crippen molar-refractivity contribution in [3.63, 3.8) is 0 Å². The van der Waals surface area contributed by atoms with Crippen molar-refractivity contribution in [3.05, 3.63) is 12.2 Å². The van der Waals surface area contributed by atoms with E-state index in [1.54, 1.807) is 0 Å². The second-order valence-corrected chi connectivity index (χ2v) is 17.2. The van der Waals surface area contributed by atoms with Crippen LogP contribution >= 0.6 is 0 Å². The number of rotatable bonds is 45. The van der Waals surface area contributed by atoms with Gasteiger partial charge in [-0.3, -0.25) is 4.79 Å². The summed E-state index contributed by atoms with van der Waals surface area (Å²) in [6, 6.07) is -0.996. The highest BCUT2D eigenvalue weighted by molar-refractivity contribution is 5.80. The first kappa shape index (κ1) is 54.0. The lowest BCUT2D eigenvalue weighted by molar-refractivity contribution is -0.132. The smallest absolute Gasteiger partial charge is 0.249 e. The predicted octanol–water partition coefficient (Wildman–Crippen LogP) is 13.4. The lowest BCUT2D eigenvalue weighted by atomic mass is 10.00. The molecule has 55 heavy (non-hydrogen) atoms. The number of aliphatic hydroxyl groups excluding tert-OH is 4. The summed E-state index contributed by atoms with van der Waals surface area (Å²) in [7, 11) is 0. The molecule has 6 heteroatoms. The van der Waals surface area contributed by atoms with E-state index in [9.17, 15) is 25.2 Å². The van der Waals surface area contributed by atoms with Gasteiger partial charge in [-0.2, -0.15) is 0 Å². The van der Waals surface area contributed by atoms with Gasteiger partial charge in [-0.1, -0.05) is 238 Å². The third-order valence-corrected chi connectivity index (χ3v) is 11.7. The number of hydrogen-bond acceptors (Lipinski definition) is 5. The number of carbonyl (C=O) groups is 1. The van der Waals surface area contributed by atoms with Crippen LogP contribution in [0.3, 0.4) is 0 Å². The highest BCUT2D eigenvalue weighted by atomic mass is 16.3. The molecule has 4 atom stereocenters. The molecule has 0 bridgehead atoms. The Morgan fingerprint density at radius 3 is 1.09 bits per heavy atom. The van der Waals surface area contributed by atoms with E-state index >= 15 is 0 Å². The Labute approximate surface area is 342 Å². The Morgan fingerprint density at radius 2 is 0.745 bits per heavy atom. The Hall–Kier alpha value is -0.950. The van der Waals surface area contributed by atoms with Crippen LogP contribution in [-0.2, 0) is 4.79 Å². The molecule has 4 unspecified atom stereocenters. The second-order valence-electron chi connectivity index (χ2n) is 17.2. The first-order valence-electron chi connectivity index (χ1n) is 24.6. The van der Waals surface area contributed by atoms with E-state index in [1.807, 2.05) is 0 Å². The van der Waals surface area contributed by atoms with E-state index < -0.39 is 36.9 Å². The minimum Gasteiger partial charge on any atom is -0.394 e. The van der Waals surface area contributed by atoms with Gasteiger partial charge in [0.15, 0.2) is 0 Å². The normalized spacial score (nSPS) is 14.1. The summed E-state index contributed by atoms with van der Waals surface area (Å²) in [5.41, 5.74) is 0. The molecule has 0 spiro atoms. The maximum absolute atomic E-state index is 12.4. The molecule has 0 aromatic rings. The Bertz CT molecular complexity index is 791. The zero-order valence-corrected chi connectivity index (χ0v) is 36.9. The predicted molar refractivity (Wildman–Crippen MR) is 238 cm³/mol. The topological polar surface area (TPSA) is 110 Å². The molecule has 1 amide bonds. The molecule has 0 aliphatic carbocycles. The van der Waals surface area contributed by atoms with Gasteiger partial charge in [0, 0.05) is 0 Å². The summed E-state index contributed by atoms with van der Waals surface area (Å²) in [5, 5.41) is 43.5. The van der Waals surface area contributed by atoms with E-state index in [0.717, 1.165) is 38.5 Å². The number of hydrogen-bond donors (Lipinski definition) is 5. The molecule has 0 heterocycles. The third-order valence-electron chi connectivity index (χ3n) is 11.7. The molecular formula is C49H97NO5. The van der Waals surface area contributed by atoms with E-state index in [0.29, 0.717) is 12.8 Å².